The Morgan fingerprint density at radius 3 is 2.70 bits per heavy atom. The molecule has 1 rings (SSSR count). The van der Waals surface area contributed by atoms with Crippen LogP contribution in [-0.4, -0.2) is 15.7 Å². The van der Waals surface area contributed by atoms with Gasteiger partial charge in [0, 0.05) is 17.1 Å². The number of hydrogen-bond donors (Lipinski definition) is 0. The van der Waals surface area contributed by atoms with Crippen molar-refractivity contribution < 1.29 is 4.21 Å². The molecule has 58 valence electrons. The molecule has 3 atom stereocenters. The summed E-state index contributed by atoms with van der Waals surface area (Å²) in [6.45, 7) is 2.18. The van der Waals surface area contributed by atoms with Crippen LogP contribution in [0.3, 0.4) is 0 Å². The molecular formula is C8H14OS. The van der Waals surface area contributed by atoms with Crippen molar-refractivity contribution in [2.45, 2.75) is 25.0 Å². The number of rotatable bonds is 1. The second-order valence-corrected chi connectivity index (χ2v) is 4.49. The lowest BCUT2D eigenvalue weighted by atomic mass is 9.96. The Morgan fingerprint density at radius 2 is 2.30 bits per heavy atom. The van der Waals surface area contributed by atoms with Crippen molar-refractivity contribution in [3.63, 3.8) is 0 Å². The molecule has 0 aromatic rings. The van der Waals surface area contributed by atoms with Crippen LogP contribution in [0.2, 0.25) is 0 Å². The van der Waals surface area contributed by atoms with Crippen LogP contribution in [0.15, 0.2) is 12.2 Å². The average molecular weight is 158 g/mol. The Morgan fingerprint density at radius 1 is 1.60 bits per heavy atom. The van der Waals surface area contributed by atoms with Gasteiger partial charge in [0.2, 0.25) is 0 Å². The van der Waals surface area contributed by atoms with Gasteiger partial charge in [-0.2, -0.15) is 0 Å². The molecule has 0 bridgehead atoms. The first kappa shape index (κ1) is 7.99. The third-order valence-corrected chi connectivity index (χ3v) is 3.45. The van der Waals surface area contributed by atoms with Gasteiger partial charge < -0.3 is 0 Å². The molecule has 2 heteroatoms. The van der Waals surface area contributed by atoms with E-state index < -0.39 is 10.8 Å². The summed E-state index contributed by atoms with van der Waals surface area (Å²) in [5.74, 6) is 0.607. The van der Waals surface area contributed by atoms with Gasteiger partial charge >= 0.3 is 0 Å². The fraction of sp³-hybridized carbons (Fsp3) is 0.750. The summed E-state index contributed by atoms with van der Waals surface area (Å²) in [5.41, 5.74) is 0. The van der Waals surface area contributed by atoms with Gasteiger partial charge in [-0.15, -0.1) is 0 Å². The fourth-order valence-corrected chi connectivity index (χ4v) is 2.50. The Kier molecular flexibility index (Phi) is 2.66. The molecule has 1 aliphatic carbocycles. The number of allylic oxidation sites excluding steroid dienone is 1. The van der Waals surface area contributed by atoms with Crippen molar-refractivity contribution in [3.05, 3.63) is 12.2 Å². The minimum absolute atomic E-state index is 0.314. The molecule has 3 unspecified atom stereocenters. The van der Waals surface area contributed by atoms with Gasteiger partial charge in [0.15, 0.2) is 0 Å². The predicted molar refractivity (Wildman–Crippen MR) is 45.4 cm³/mol. The maximum Gasteiger partial charge on any atom is 0.0550 e. The highest BCUT2D eigenvalue weighted by atomic mass is 32.2. The molecule has 10 heavy (non-hydrogen) atoms. The molecule has 0 aromatic carbocycles. The zero-order valence-corrected chi connectivity index (χ0v) is 7.36. The maximum atomic E-state index is 11.1. The molecule has 0 saturated heterocycles. The summed E-state index contributed by atoms with van der Waals surface area (Å²) in [6.07, 6.45) is 8.39. The lowest BCUT2D eigenvalue weighted by Gasteiger charge is -2.21. The van der Waals surface area contributed by atoms with Crippen LogP contribution in [-0.2, 0) is 10.8 Å². The van der Waals surface area contributed by atoms with E-state index >= 15 is 0 Å². The van der Waals surface area contributed by atoms with Crippen LogP contribution in [0.1, 0.15) is 19.8 Å². The standard InChI is InChI=1S/C8H14OS/c1-7-5-3-4-6-8(7)10(2)9/h4,6-8H,3,5H2,1-2H3. The smallest absolute Gasteiger partial charge is 0.0550 e. The van der Waals surface area contributed by atoms with Crippen LogP contribution in [0, 0.1) is 5.92 Å². The van der Waals surface area contributed by atoms with Crippen LogP contribution >= 0.6 is 0 Å². The van der Waals surface area contributed by atoms with Crippen LogP contribution in [0.5, 0.6) is 0 Å². The lowest BCUT2D eigenvalue weighted by Crippen LogP contribution is -2.22. The van der Waals surface area contributed by atoms with E-state index in [1.165, 1.54) is 6.42 Å². The highest BCUT2D eigenvalue weighted by molar-refractivity contribution is 7.85. The number of hydrogen-bond acceptors (Lipinski definition) is 1. The summed E-state index contributed by atoms with van der Waals surface area (Å²) in [4.78, 5) is 0. The highest BCUT2D eigenvalue weighted by Crippen LogP contribution is 2.21. The van der Waals surface area contributed by atoms with Gasteiger partial charge in [-0.3, -0.25) is 4.21 Å². The highest BCUT2D eigenvalue weighted by Gasteiger charge is 2.19. The Bertz CT molecular complexity index is 163. The zero-order valence-electron chi connectivity index (χ0n) is 6.54. The lowest BCUT2D eigenvalue weighted by molar-refractivity contribution is 0.527. The summed E-state index contributed by atoms with van der Waals surface area (Å²) < 4.78 is 11.1. The molecule has 1 nitrogen and oxygen atoms in total. The van der Waals surface area contributed by atoms with Crippen LogP contribution < -0.4 is 0 Å². The predicted octanol–water partition coefficient (Wildman–Crippen LogP) is 1.72. The van der Waals surface area contributed by atoms with E-state index in [2.05, 4.69) is 19.1 Å². The molecule has 0 radical (unpaired) electrons. The molecule has 1 aliphatic rings. The van der Waals surface area contributed by atoms with Crippen molar-refractivity contribution in [1.29, 1.82) is 0 Å². The van der Waals surface area contributed by atoms with Crippen LogP contribution in [0.4, 0.5) is 0 Å². The van der Waals surface area contributed by atoms with Crippen molar-refractivity contribution in [2.24, 2.45) is 5.92 Å². The third kappa shape index (κ3) is 1.69. The summed E-state index contributed by atoms with van der Waals surface area (Å²) in [6, 6.07) is 0. The van der Waals surface area contributed by atoms with Crippen LogP contribution in [0.25, 0.3) is 0 Å². The van der Waals surface area contributed by atoms with E-state index in [9.17, 15) is 4.21 Å². The molecule has 0 N–H and O–H groups in total. The van der Waals surface area contributed by atoms with Gasteiger partial charge in [-0.05, 0) is 18.8 Å². The Hall–Kier alpha value is -0.110. The molecule has 0 amide bonds. The van der Waals surface area contributed by atoms with Gasteiger partial charge in [0.05, 0.1) is 5.25 Å². The van der Waals surface area contributed by atoms with Gasteiger partial charge in [-0.25, -0.2) is 0 Å². The first-order chi connectivity index (χ1) is 4.72. The second-order valence-electron chi connectivity index (χ2n) is 2.95. The fourth-order valence-electron chi connectivity index (χ4n) is 1.38. The van der Waals surface area contributed by atoms with Crippen molar-refractivity contribution in [1.82, 2.24) is 0 Å². The van der Waals surface area contributed by atoms with Gasteiger partial charge in [0.1, 0.15) is 0 Å². The van der Waals surface area contributed by atoms with Gasteiger partial charge in [0.25, 0.3) is 0 Å². The quantitative estimate of drug-likeness (QED) is 0.531. The molecule has 0 aliphatic heterocycles. The SMILES string of the molecule is CC1CCC=CC1S(C)=O. The van der Waals surface area contributed by atoms with Crippen molar-refractivity contribution >= 4 is 10.8 Å². The molecule has 0 fully saturated rings. The van der Waals surface area contributed by atoms with E-state index in [4.69, 9.17) is 0 Å². The Balaban J connectivity index is 2.64. The normalized spacial score (nSPS) is 35.8. The van der Waals surface area contributed by atoms with E-state index in [1.54, 1.807) is 6.26 Å². The van der Waals surface area contributed by atoms with E-state index in [0.29, 0.717) is 11.2 Å². The first-order valence-electron chi connectivity index (χ1n) is 3.70. The van der Waals surface area contributed by atoms with E-state index in [-0.39, 0.29) is 0 Å². The molecule has 0 heterocycles. The zero-order chi connectivity index (χ0) is 7.56. The summed E-state index contributed by atoms with van der Waals surface area (Å²) in [7, 11) is -0.669. The summed E-state index contributed by atoms with van der Waals surface area (Å²) in [5, 5.41) is 0.314. The van der Waals surface area contributed by atoms with Gasteiger partial charge in [-0.1, -0.05) is 19.1 Å². The monoisotopic (exact) mass is 158 g/mol. The first-order valence-corrected chi connectivity index (χ1v) is 5.33. The van der Waals surface area contributed by atoms with Crippen molar-refractivity contribution in [3.8, 4) is 0 Å². The summed E-state index contributed by atoms with van der Waals surface area (Å²) >= 11 is 0. The second kappa shape index (κ2) is 3.33. The molecule has 0 spiro atoms. The van der Waals surface area contributed by atoms with E-state index in [0.717, 1.165) is 6.42 Å². The largest absolute Gasteiger partial charge is 0.259 e. The van der Waals surface area contributed by atoms with Crippen molar-refractivity contribution in [2.75, 3.05) is 6.26 Å². The topological polar surface area (TPSA) is 17.1 Å². The maximum absolute atomic E-state index is 11.1. The molecular weight excluding hydrogens is 144 g/mol. The molecule has 0 saturated carbocycles. The Labute approximate surface area is 65.0 Å². The minimum atomic E-state index is -0.669. The minimum Gasteiger partial charge on any atom is -0.259 e. The average Bonchev–Trinajstić information content (AvgIpc) is 1.88. The van der Waals surface area contributed by atoms with E-state index in [1.807, 2.05) is 0 Å². The third-order valence-electron chi connectivity index (χ3n) is 2.06. The molecule has 0 aromatic heterocycles.